The fraction of sp³-hybridized carbons (Fsp3) is 0.538. The maximum atomic E-state index is 9.72. The molecule has 1 N–H and O–H groups in total. The quantitative estimate of drug-likeness (QED) is 0.812. The van der Waals surface area contributed by atoms with Crippen LogP contribution in [0, 0.1) is 0 Å². The van der Waals surface area contributed by atoms with E-state index in [1.54, 1.807) is 6.07 Å². The molecule has 0 radical (unpaired) electrons. The molecule has 1 aliphatic rings. The molecule has 0 unspecified atom stereocenters. The second-order valence-electron chi connectivity index (χ2n) is 4.19. The predicted molar refractivity (Wildman–Crippen MR) is 67.4 cm³/mol. The highest BCUT2D eigenvalue weighted by atomic mass is 32.2. The summed E-state index contributed by atoms with van der Waals surface area (Å²) in [6.07, 6.45) is 8.43. The molecule has 0 saturated heterocycles. The van der Waals surface area contributed by atoms with E-state index in [4.69, 9.17) is 4.74 Å². The lowest BCUT2D eigenvalue weighted by atomic mass is 9.98. The molecule has 1 aromatic carbocycles. The molecular formula is C13H18O2S. The molecule has 1 aromatic rings. The SMILES string of the molecule is CSc1c(O)cccc1OC1CCCCC1. The van der Waals surface area contributed by atoms with Gasteiger partial charge in [-0.3, -0.25) is 0 Å². The Morgan fingerprint density at radius 1 is 1.25 bits per heavy atom. The third-order valence-electron chi connectivity index (χ3n) is 3.01. The topological polar surface area (TPSA) is 29.5 Å². The minimum Gasteiger partial charge on any atom is -0.507 e. The first-order chi connectivity index (χ1) is 7.81. The van der Waals surface area contributed by atoms with E-state index in [1.807, 2.05) is 18.4 Å². The van der Waals surface area contributed by atoms with E-state index in [9.17, 15) is 5.11 Å². The molecule has 0 spiro atoms. The summed E-state index contributed by atoms with van der Waals surface area (Å²) < 4.78 is 5.98. The summed E-state index contributed by atoms with van der Waals surface area (Å²) in [7, 11) is 0. The van der Waals surface area contributed by atoms with Crippen LogP contribution in [0.4, 0.5) is 0 Å². The molecule has 0 aromatic heterocycles. The molecule has 1 fully saturated rings. The molecule has 0 aliphatic heterocycles. The Bertz CT molecular complexity index is 346. The molecule has 0 amide bonds. The van der Waals surface area contributed by atoms with Crippen molar-refractivity contribution in [2.45, 2.75) is 43.1 Å². The number of rotatable bonds is 3. The summed E-state index contributed by atoms with van der Waals surface area (Å²) in [4.78, 5) is 0.855. The molecule has 1 aliphatic carbocycles. The van der Waals surface area contributed by atoms with Crippen molar-refractivity contribution in [2.75, 3.05) is 6.26 Å². The number of hydrogen-bond acceptors (Lipinski definition) is 3. The highest BCUT2D eigenvalue weighted by molar-refractivity contribution is 7.98. The molecule has 3 heteroatoms. The molecule has 2 rings (SSSR count). The first-order valence-corrected chi connectivity index (χ1v) is 7.06. The second kappa shape index (κ2) is 5.48. The van der Waals surface area contributed by atoms with Crippen LogP contribution < -0.4 is 4.74 Å². The van der Waals surface area contributed by atoms with Gasteiger partial charge in [0.15, 0.2) is 0 Å². The van der Waals surface area contributed by atoms with Gasteiger partial charge in [-0.2, -0.15) is 0 Å². The highest BCUT2D eigenvalue weighted by Gasteiger charge is 2.17. The lowest BCUT2D eigenvalue weighted by Gasteiger charge is -2.24. The number of ether oxygens (including phenoxy) is 1. The number of aromatic hydroxyl groups is 1. The standard InChI is InChI=1S/C13H18O2S/c1-16-13-11(14)8-5-9-12(13)15-10-6-3-2-4-7-10/h5,8-10,14H,2-4,6-7H2,1H3. The average molecular weight is 238 g/mol. The Labute approximate surface area is 101 Å². The van der Waals surface area contributed by atoms with Crippen LogP contribution >= 0.6 is 11.8 Å². The number of hydrogen-bond donors (Lipinski definition) is 1. The van der Waals surface area contributed by atoms with Crippen LogP contribution in [-0.4, -0.2) is 17.5 Å². The number of phenolic OH excluding ortho intramolecular Hbond substituents is 1. The normalized spacial score (nSPS) is 17.3. The molecule has 0 bridgehead atoms. The van der Waals surface area contributed by atoms with E-state index in [-0.39, 0.29) is 0 Å². The average Bonchev–Trinajstić information content (AvgIpc) is 2.31. The maximum Gasteiger partial charge on any atom is 0.137 e. The van der Waals surface area contributed by atoms with Crippen LogP contribution in [0.2, 0.25) is 0 Å². The van der Waals surface area contributed by atoms with Gasteiger partial charge in [0.25, 0.3) is 0 Å². The Balaban J connectivity index is 2.10. The van der Waals surface area contributed by atoms with Gasteiger partial charge in [-0.1, -0.05) is 12.5 Å². The van der Waals surface area contributed by atoms with Gasteiger partial charge in [0.2, 0.25) is 0 Å². The third-order valence-corrected chi connectivity index (χ3v) is 3.83. The van der Waals surface area contributed by atoms with E-state index in [0.29, 0.717) is 11.9 Å². The van der Waals surface area contributed by atoms with Crippen molar-refractivity contribution < 1.29 is 9.84 Å². The van der Waals surface area contributed by atoms with E-state index < -0.39 is 0 Å². The Morgan fingerprint density at radius 2 is 2.00 bits per heavy atom. The van der Waals surface area contributed by atoms with Crippen molar-refractivity contribution in [1.29, 1.82) is 0 Å². The molecule has 0 heterocycles. The zero-order valence-electron chi connectivity index (χ0n) is 9.61. The van der Waals surface area contributed by atoms with Crippen LogP contribution in [0.3, 0.4) is 0 Å². The Kier molecular flexibility index (Phi) is 3.99. The smallest absolute Gasteiger partial charge is 0.137 e. The van der Waals surface area contributed by atoms with Gasteiger partial charge in [-0.15, -0.1) is 11.8 Å². The highest BCUT2D eigenvalue weighted by Crippen LogP contribution is 2.37. The minimum atomic E-state index is 0.320. The Morgan fingerprint density at radius 3 is 2.69 bits per heavy atom. The van der Waals surface area contributed by atoms with Crippen molar-refractivity contribution >= 4 is 11.8 Å². The minimum absolute atomic E-state index is 0.320. The fourth-order valence-corrected chi connectivity index (χ4v) is 2.76. The second-order valence-corrected chi connectivity index (χ2v) is 5.00. The van der Waals surface area contributed by atoms with Crippen molar-refractivity contribution in [1.82, 2.24) is 0 Å². The third kappa shape index (κ3) is 2.64. The zero-order valence-corrected chi connectivity index (χ0v) is 10.4. The van der Waals surface area contributed by atoms with Crippen LogP contribution in [0.15, 0.2) is 23.1 Å². The van der Waals surface area contributed by atoms with Crippen LogP contribution in [0.1, 0.15) is 32.1 Å². The summed E-state index contributed by atoms with van der Waals surface area (Å²) in [5.41, 5.74) is 0. The zero-order chi connectivity index (χ0) is 11.4. The van der Waals surface area contributed by atoms with Crippen molar-refractivity contribution in [3.05, 3.63) is 18.2 Å². The lowest BCUT2D eigenvalue weighted by Crippen LogP contribution is -2.19. The largest absolute Gasteiger partial charge is 0.507 e. The monoisotopic (exact) mass is 238 g/mol. The molecule has 1 saturated carbocycles. The van der Waals surface area contributed by atoms with E-state index in [1.165, 1.54) is 31.0 Å². The summed E-state index contributed by atoms with van der Waals surface area (Å²) in [5, 5.41) is 9.72. The predicted octanol–water partition coefficient (Wildman–Crippen LogP) is 3.83. The van der Waals surface area contributed by atoms with E-state index in [0.717, 1.165) is 23.5 Å². The van der Waals surface area contributed by atoms with Gasteiger partial charge in [0.05, 0.1) is 11.0 Å². The number of benzene rings is 1. The van der Waals surface area contributed by atoms with Gasteiger partial charge >= 0.3 is 0 Å². The Hall–Kier alpha value is -0.830. The maximum absolute atomic E-state index is 9.72. The van der Waals surface area contributed by atoms with Crippen molar-refractivity contribution in [2.24, 2.45) is 0 Å². The number of phenols is 1. The summed E-state index contributed by atoms with van der Waals surface area (Å²) in [5.74, 6) is 1.15. The van der Waals surface area contributed by atoms with Gasteiger partial charge in [0.1, 0.15) is 11.5 Å². The van der Waals surface area contributed by atoms with Gasteiger partial charge < -0.3 is 9.84 Å². The van der Waals surface area contributed by atoms with Crippen molar-refractivity contribution in [3.63, 3.8) is 0 Å². The van der Waals surface area contributed by atoms with Crippen LogP contribution in [-0.2, 0) is 0 Å². The fourth-order valence-electron chi connectivity index (χ4n) is 2.16. The van der Waals surface area contributed by atoms with Gasteiger partial charge in [-0.25, -0.2) is 0 Å². The van der Waals surface area contributed by atoms with E-state index in [2.05, 4.69) is 0 Å². The molecule has 2 nitrogen and oxygen atoms in total. The molecule has 0 atom stereocenters. The first kappa shape index (κ1) is 11.6. The molecule has 88 valence electrons. The lowest BCUT2D eigenvalue weighted by molar-refractivity contribution is 0.150. The molecule has 16 heavy (non-hydrogen) atoms. The first-order valence-electron chi connectivity index (χ1n) is 5.84. The van der Waals surface area contributed by atoms with Gasteiger partial charge in [0, 0.05) is 0 Å². The summed E-state index contributed by atoms with van der Waals surface area (Å²) >= 11 is 1.54. The van der Waals surface area contributed by atoms with Crippen molar-refractivity contribution in [3.8, 4) is 11.5 Å². The summed E-state index contributed by atoms with van der Waals surface area (Å²) in [6, 6.07) is 5.49. The van der Waals surface area contributed by atoms with Crippen LogP contribution in [0.25, 0.3) is 0 Å². The number of thioether (sulfide) groups is 1. The molecular weight excluding hydrogens is 220 g/mol. The van der Waals surface area contributed by atoms with E-state index >= 15 is 0 Å². The summed E-state index contributed by atoms with van der Waals surface area (Å²) in [6.45, 7) is 0. The van der Waals surface area contributed by atoms with Gasteiger partial charge in [-0.05, 0) is 44.1 Å². The van der Waals surface area contributed by atoms with Crippen LogP contribution in [0.5, 0.6) is 11.5 Å².